The van der Waals surface area contributed by atoms with E-state index < -0.39 is 29.7 Å². The third kappa shape index (κ3) is 5.76. The van der Waals surface area contributed by atoms with Crippen LogP contribution in [0.5, 0.6) is 0 Å². The number of carbonyl (C=O) groups excluding carboxylic acids is 1. The highest BCUT2D eigenvalue weighted by atomic mass is 19.1. The zero-order valence-electron chi connectivity index (χ0n) is 11.8. The van der Waals surface area contributed by atoms with E-state index in [0.29, 0.717) is 5.56 Å². The molecule has 21 heavy (non-hydrogen) atoms. The Labute approximate surface area is 121 Å². The number of urea groups is 1. The molecule has 0 spiro atoms. The molecule has 5 nitrogen and oxygen atoms in total. The number of carboxylic acid groups (broad SMARTS) is 1. The van der Waals surface area contributed by atoms with E-state index in [4.69, 9.17) is 5.11 Å². The topological polar surface area (TPSA) is 78.4 Å². The van der Waals surface area contributed by atoms with Crippen molar-refractivity contribution >= 4 is 12.0 Å². The normalized spacial score (nSPS) is 12.0. The summed E-state index contributed by atoms with van der Waals surface area (Å²) in [6.45, 7) is 3.49. The highest BCUT2D eigenvalue weighted by Gasteiger charge is 2.23. The number of aliphatic carboxylic acids is 1. The molecule has 0 unspecified atom stereocenters. The van der Waals surface area contributed by atoms with Gasteiger partial charge in [0.1, 0.15) is 17.7 Å². The molecule has 0 fully saturated rings. The van der Waals surface area contributed by atoms with E-state index in [2.05, 4.69) is 10.6 Å². The highest BCUT2D eigenvalue weighted by Crippen LogP contribution is 2.08. The van der Waals surface area contributed by atoms with E-state index in [9.17, 15) is 18.4 Å². The minimum atomic E-state index is -1.12. The molecular weight excluding hydrogens is 282 g/mol. The van der Waals surface area contributed by atoms with Crippen LogP contribution >= 0.6 is 0 Å². The summed E-state index contributed by atoms with van der Waals surface area (Å²) in [6, 6.07) is 1.50. The fourth-order valence-corrected chi connectivity index (χ4v) is 1.78. The minimum absolute atomic E-state index is 0.138. The number of amides is 2. The minimum Gasteiger partial charge on any atom is -0.480 e. The number of benzene rings is 1. The molecule has 1 atom stereocenters. The van der Waals surface area contributed by atoms with Gasteiger partial charge >= 0.3 is 12.0 Å². The molecule has 1 aromatic rings. The third-order valence-electron chi connectivity index (χ3n) is 2.84. The molecule has 0 aromatic heterocycles. The summed E-state index contributed by atoms with van der Waals surface area (Å²) in [6.07, 6.45) is 0.238. The Kier molecular flexibility index (Phi) is 6.08. The summed E-state index contributed by atoms with van der Waals surface area (Å²) >= 11 is 0. The predicted octanol–water partition coefficient (Wildman–Crippen LogP) is 1.92. The molecule has 0 aliphatic rings. The fraction of sp³-hybridized carbons (Fsp3) is 0.429. The van der Waals surface area contributed by atoms with Crippen LogP contribution in [0.15, 0.2) is 18.2 Å². The lowest BCUT2D eigenvalue weighted by molar-refractivity contribution is -0.140. The largest absolute Gasteiger partial charge is 0.480 e. The van der Waals surface area contributed by atoms with Crippen molar-refractivity contribution in [3.63, 3.8) is 0 Å². The maximum atomic E-state index is 13.0. The van der Waals surface area contributed by atoms with Gasteiger partial charge in [-0.1, -0.05) is 13.8 Å². The van der Waals surface area contributed by atoms with E-state index in [-0.39, 0.29) is 18.9 Å². The molecule has 2 amide bonds. The highest BCUT2D eigenvalue weighted by molar-refractivity contribution is 5.82. The second-order valence-corrected chi connectivity index (χ2v) is 4.99. The summed E-state index contributed by atoms with van der Waals surface area (Å²) in [5.41, 5.74) is 0.409. The van der Waals surface area contributed by atoms with Gasteiger partial charge in [0.2, 0.25) is 0 Å². The number of carboxylic acids is 1. The van der Waals surface area contributed by atoms with Crippen molar-refractivity contribution in [2.75, 3.05) is 6.54 Å². The van der Waals surface area contributed by atoms with Crippen LogP contribution in [0.2, 0.25) is 0 Å². The maximum absolute atomic E-state index is 13.0. The maximum Gasteiger partial charge on any atom is 0.326 e. The zero-order chi connectivity index (χ0) is 16.0. The predicted molar refractivity (Wildman–Crippen MR) is 72.9 cm³/mol. The van der Waals surface area contributed by atoms with Crippen LogP contribution in [0.3, 0.4) is 0 Å². The Bertz CT molecular complexity index is 501. The molecule has 0 bridgehead atoms. The first-order valence-corrected chi connectivity index (χ1v) is 6.51. The van der Waals surface area contributed by atoms with E-state index >= 15 is 0 Å². The average Bonchev–Trinajstić information content (AvgIpc) is 2.34. The van der Waals surface area contributed by atoms with Crippen molar-refractivity contribution in [2.45, 2.75) is 26.3 Å². The first kappa shape index (κ1) is 16.9. The lowest BCUT2D eigenvalue weighted by atomic mass is 10.1. The van der Waals surface area contributed by atoms with E-state index in [1.54, 1.807) is 13.8 Å². The molecular formula is C14H18F2N2O3. The van der Waals surface area contributed by atoms with Crippen molar-refractivity contribution in [1.29, 1.82) is 0 Å². The van der Waals surface area contributed by atoms with Gasteiger partial charge in [-0.15, -0.1) is 0 Å². The molecule has 3 N–H and O–H groups in total. The Morgan fingerprint density at radius 3 is 2.24 bits per heavy atom. The Morgan fingerprint density at radius 2 is 1.76 bits per heavy atom. The summed E-state index contributed by atoms with van der Waals surface area (Å²) < 4.78 is 25.9. The summed E-state index contributed by atoms with van der Waals surface area (Å²) in [5.74, 6) is -2.74. The van der Waals surface area contributed by atoms with Crippen molar-refractivity contribution in [2.24, 2.45) is 5.92 Å². The number of carbonyl (C=O) groups is 2. The third-order valence-corrected chi connectivity index (χ3v) is 2.84. The van der Waals surface area contributed by atoms with Crippen molar-refractivity contribution in [1.82, 2.24) is 10.6 Å². The molecule has 0 heterocycles. The molecule has 0 saturated heterocycles. The average molecular weight is 300 g/mol. The second kappa shape index (κ2) is 7.56. The van der Waals surface area contributed by atoms with Gasteiger partial charge in [0.25, 0.3) is 0 Å². The van der Waals surface area contributed by atoms with Crippen LogP contribution in [0.1, 0.15) is 19.4 Å². The van der Waals surface area contributed by atoms with Gasteiger partial charge in [0.05, 0.1) is 0 Å². The van der Waals surface area contributed by atoms with Gasteiger partial charge in [-0.3, -0.25) is 0 Å². The number of halogens is 2. The van der Waals surface area contributed by atoms with Gasteiger partial charge in [0, 0.05) is 12.6 Å². The van der Waals surface area contributed by atoms with Crippen molar-refractivity contribution in [3.05, 3.63) is 35.4 Å². The molecule has 0 radical (unpaired) electrons. The van der Waals surface area contributed by atoms with Crippen LogP contribution in [0, 0.1) is 17.6 Å². The summed E-state index contributed by atoms with van der Waals surface area (Å²) in [7, 11) is 0. The van der Waals surface area contributed by atoms with Crippen LogP contribution < -0.4 is 10.6 Å². The van der Waals surface area contributed by atoms with Crippen LogP contribution in [-0.4, -0.2) is 29.7 Å². The van der Waals surface area contributed by atoms with Gasteiger partial charge in [0.15, 0.2) is 0 Å². The molecule has 0 saturated carbocycles. The smallest absolute Gasteiger partial charge is 0.326 e. The monoisotopic (exact) mass is 300 g/mol. The number of nitrogens with one attached hydrogen (secondary N) is 2. The van der Waals surface area contributed by atoms with Crippen LogP contribution in [0.4, 0.5) is 13.6 Å². The molecule has 0 aliphatic carbocycles. The van der Waals surface area contributed by atoms with Crippen molar-refractivity contribution < 1.29 is 23.5 Å². The van der Waals surface area contributed by atoms with E-state index in [1.165, 1.54) is 12.1 Å². The second-order valence-electron chi connectivity index (χ2n) is 4.99. The Balaban J connectivity index is 2.44. The lowest BCUT2D eigenvalue weighted by Gasteiger charge is -2.18. The molecule has 0 aliphatic heterocycles. The van der Waals surface area contributed by atoms with Gasteiger partial charge < -0.3 is 15.7 Å². The van der Waals surface area contributed by atoms with Gasteiger partial charge in [-0.25, -0.2) is 18.4 Å². The first-order chi connectivity index (χ1) is 9.79. The fourth-order valence-electron chi connectivity index (χ4n) is 1.78. The summed E-state index contributed by atoms with van der Waals surface area (Å²) in [4.78, 5) is 22.5. The number of hydrogen-bond donors (Lipinski definition) is 3. The number of hydrogen-bond acceptors (Lipinski definition) is 2. The first-order valence-electron chi connectivity index (χ1n) is 6.51. The van der Waals surface area contributed by atoms with Gasteiger partial charge in [-0.05, 0) is 30.0 Å². The van der Waals surface area contributed by atoms with E-state index in [1.807, 2.05) is 0 Å². The Morgan fingerprint density at radius 1 is 1.19 bits per heavy atom. The number of rotatable bonds is 6. The molecule has 1 aromatic carbocycles. The molecule has 1 rings (SSSR count). The van der Waals surface area contributed by atoms with E-state index in [0.717, 1.165) is 6.07 Å². The lowest BCUT2D eigenvalue weighted by Crippen LogP contribution is -2.48. The zero-order valence-corrected chi connectivity index (χ0v) is 11.8. The SMILES string of the molecule is CC(C)[C@H](NC(=O)NCCc1cc(F)cc(F)c1)C(=O)O. The summed E-state index contributed by atoms with van der Waals surface area (Å²) in [5, 5.41) is 13.7. The van der Waals surface area contributed by atoms with Crippen LogP contribution in [0.25, 0.3) is 0 Å². The quantitative estimate of drug-likeness (QED) is 0.751. The standard InChI is InChI=1S/C14H18F2N2O3/c1-8(2)12(13(19)20)18-14(21)17-4-3-9-5-10(15)7-11(16)6-9/h5-8,12H,3-4H2,1-2H3,(H,19,20)(H2,17,18,21)/t12-/m0/s1. The van der Waals surface area contributed by atoms with Gasteiger partial charge in [-0.2, -0.15) is 0 Å². The molecule has 7 heteroatoms. The van der Waals surface area contributed by atoms with Crippen molar-refractivity contribution in [3.8, 4) is 0 Å². The Hall–Kier alpha value is -2.18. The van der Waals surface area contributed by atoms with Crippen LogP contribution in [-0.2, 0) is 11.2 Å². The molecule has 116 valence electrons.